The molecule has 0 bridgehead atoms. The maximum absolute atomic E-state index is 4.26. The van der Waals surface area contributed by atoms with Gasteiger partial charge in [0.25, 0.3) is 0 Å². The first kappa shape index (κ1) is 16.6. The Morgan fingerprint density at radius 2 is 1.50 bits per heavy atom. The number of aromatic nitrogens is 1. The summed E-state index contributed by atoms with van der Waals surface area (Å²) in [4.78, 5) is 3.96. The van der Waals surface area contributed by atoms with E-state index in [1.807, 2.05) is 12.4 Å². The zero-order chi connectivity index (χ0) is 10.3. The fourth-order valence-electron chi connectivity index (χ4n) is 0.852. The molecule has 5 heteroatoms. The summed E-state index contributed by atoms with van der Waals surface area (Å²) in [5.74, 6) is 0. The number of rotatable bonds is 0. The Balaban J connectivity index is 0. The molecule has 0 aliphatic rings. The second-order valence-electron chi connectivity index (χ2n) is 3.54. The third kappa shape index (κ3) is 7.60. The molecular formula is C9H15Cl2NOSe. The molecule has 0 fully saturated rings. The summed E-state index contributed by atoms with van der Waals surface area (Å²) in [5.41, 5.74) is 1.59. The molecule has 1 rings (SSSR count). The molecule has 0 aromatic carbocycles. The van der Waals surface area contributed by atoms with E-state index in [0.29, 0.717) is 0 Å². The van der Waals surface area contributed by atoms with Gasteiger partial charge in [-0.15, -0.1) is 0 Å². The van der Waals surface area contributed by atoms with Crippen LogP contribution in [0.25, 0.3) is 0 Å². The first-order chi connectivity index (χ1) is 6.02. The molecule has 0 unspecified atom stereocenters. The molecule has 0 amide bonds. The van der Waals surface area contributed by atoms with E-state index in [1.54, 1.807) is 0 Å². The van der Waals surface area contributed by atoms with Crippen molar-refractivity contribution in [2.45, 2.75) is 26.2 Å². The van der Waals surface area contributed by atoms with Gasteiger partial charge >= 0.3 is 17.1 Å². The van der Waals surface area contributed by atoms with E-state index in [9.17, 15) is 0 Å². The van der Waals surface area contributed by atoms with Crippen LogP contribution in [0.2, 0.25) is 0 Å². The van der Waals surface area contributed by atoms with Crippen molar-refractivity contribution in [3.05, 3.63) is 30.1 Å². The van der Waals surface area contributed by atoms with Crippen LogP contribution in [-0.2, 0) is 9.26 Å². The van der Waals surface area contributed by atoms with E-state index in [1.165, 1.54) is 5.56 Å². The van der Waals surface area contributed by atoms with Crippen molar-refractivity contribution in [3.8, 4) is 0 Å². The van der Waals surface area contributed by atoms with Gasteiger partial charge in [0.05, 0.1) is 23.7 Å². The fraction of sp³-hybridized carbons (Fsp3) is 0.444. The molecule has 0 atom stereocenters. The molecule has 1 aromatic heterocycles. The van der Waals surface area contributed by atoms with Gasteiger partial charge < -0.3 is 0 Å². The summed E-state index contributed by atoms with van der Waals surface area (Å²) in [6, 6.07) is 4.11. The first-order valence-corrected chi connectivity index (χ1v) is 4.44. The SMILES string of the molecule is CC(C)(C)c1ccncc1.ClOCl.[SeH2]. The van der Waals surface area contributed by atoms with E-state index in [4.69, 9.17) is 0 Å². The Hall–Kier alpha value is 0.209. The number of hydrogen-bond acceptors (Lipinski definition) is 2. The second kappa shape index (κ2) is 8.51. The Labute approximate surface area is 106 Å². The Kier molecular flexibility index (Phi) is 10.1. The average molecular weight is 303 g/mol. The van der Waals surface area contributed by atoms with Gasteiger partial charge in [0.15, 0.2) is 0 Å². The van der Waals surface area contributed by atoms with Gasteiger partial charge in [-0.2, -0.15) is 3.84 Å². The molecule has 0 radical (unpaired) electrons. The average Bonchev–Trinajstić information content (AvgIpc) is 2.06. The Morgan fingerprint density at radius 1 is 1.14 bits per heavy atom. The maximum atomic E-state index is 4.26. The van der Waals surface area contributed by atoms with Gasteiger partial charge in [-0.25, -0.2) is 0 Å². The molecule has 0 saturated heterocycles. The summed E-state index contributed by atoms with van der Waals surface area (Å²) in [6.45, 7) is 6.59. The number of hydrogen-bond donors (Lipinski definition) is 0. The number of pyridine rings is 1. The zero-order valence-corrected chi connectivity index (χ0v) is 12.0. The van der Waals surface area contributed by atoms with Crippen molar-refractivity contribution in [2.75, 3.05) is 0 Å². The summed E-state index contributed by atoms with van der Waals surface area (Å²) in [5, 5.41) is 0. The molecule has 0 aliphatic heterocycles. The molecule has 0 spiro atoms. The Morgan fingerprint density at radius 3 is 1.71 bits per heavy atom. The van der Waals surface area contributed by atoms with Crippen molar-refractivity contribution in [3.63, 3.8) is 0 Å². The van der Waals surface area contributed by atoms with E-state index < -0.39 is 0 Å². The van der Waals surface area contributed by atoms with Gasteiger partial charge in [0, 0.05) is 12.4 Å². The monoisotopic (exact) mass is 303 g/mol. The fourth-order valence-corrected chi connectivity index (χ4v) is 0.852. The van der Waals surface area contributed by atoms with Crippen LogP contribution in [0.15, 0.2) is 24.5 Å². The van der Waals surface area contributed by atoms with Crippen LogP contribution in [0, 0.1) is 0 Å². The summed E-state index contributed by atoms with van der Waals surface area (Å²) in [6.07, 6.45) is 3.67. The molecule has 1 heterocycles. The molecule has 0 saturated carbocycles. The summed E-state index contributed by atoms with van der Waals surface area (Å²) in [7, 11) is 0. The molecule has 0 aliphatic carbocycles. The molecule has 1 aromatic rings. The van der Waals surface area contributed by atoms with Gasteiger partial charge in [-0.05, 0) is 23.1 Å². The first-order valence-electron chi connectivity index (χ1n) is 3.82. The van der Waals surface area contributed by atoms with Gasteiger partial charge in [0.1, 0.15) is 0 Å². The zero-order valence-electron chi connectivity index (χ0n) is 8.42. The van der Waals surface area contributed by atoms with Crippen LogP contribution in [0.3, 0.4) is 0 Å². The molecular weight excluding hydrogens is 288 g/mol. The van der Waals surface area contributed by atoms with E-state index >= 15 is 0 Å². The molecule has 82 valence electrons. The summed E-state index contributed by atoms with van der Waals surface area (Å²) < 4.78 is 3.19. The minimum absolute atomic E-state index is 0. The van der Waals surface area contributed by atoms with Crippen molar-refractivity contribution in [1.29, 1.82) is 0 Å². The molecule has 2 nitrogen and oxygen atoms in total. The van der Waals surface area contributed by atoms with Crippen LogP contribution in [0.5, 0.6) is 0 Å². The predicted molar refractivity (Wildman–Crippen MR) is 64.3 cm³/mol. The molecule has 14 heavy (non-hydrogen) atoms. The number of nitrogens with zero attached hydrogens (tertiary/aromatic N) is 1. The third-order valence-electron chi connectivity index (χ3n) is 1.55. The van der Waals surface area contributed by atoms with Crippen LogP contribution in [0.1, 0.15) is 26.3 Å². The Bertz CT molecular complexity index is 226. The topological polar surface area (TPSA) is 22.1 Å². The van der Waals surface area contributed by atoms with Gasteiger partial charge in [0.2, 0.25) is 0 Å². The second-order valence-corrected chi connectivity index (χ2v) is 4.01. The predicted octanol–water partition coefficient (Wildman–Crippen LogP) is 2.77. The quantitative estimate of drug-likeness (QED) is 0.688. The van der Waals surface area contributed by atoms with Crippen LogP contribution in [0.4, 0.5) is 0 Å². The van der Waals surface area contributed by atoms with Crippen LogP contribution < -0.4 is 0 Å². The normalized spacial score (nSPS) is 9.50. The standard InChI is InChI=1S/C9H13N.Cl2O.H2Se/c1-9(2,3)8-4-6-10-7-5-8;1-3-2;/h4-7H,1-3H3;;1H2. The third-order valence-corrected chi connectivity index (χ3v) is 1.55. The summed E-state index contributed by atoms with van der Waals surface area (Å²) >= 11 is 8.53. The van der Waals surface area contributed by atoms with E-state index in [0.717, 1.165) is 0 Å². The van der Waals surface area contributed by atoms with Gasteiger partial charge in [-0.1, -0.05) is 20.8 Å². The van der Waals surface area contributed by atoms with E-state index in [-0.39, 0.29) is 22.5 Å². The van der Waals surface area contributed by atoms with E-state index in [2.05, 4.69) is 65.5 Å². The van der Waals surface area contributed by atoms with Crippen molar-refractivity contribution >= 4 is 40.8 Å². The van der Waals surface area contributed by atoms with Gasteiger partial charge in [-0.3, -0.25) is 4.98 Å². The van der Waals surface area contributed by atoms with Crippen molar-refractivity contribution in [2.24, 2.45) is 0 Å². The van der Waals surface area contributed by atoms with Crippen LogP contribution in [-0.4, -0.2) is 22.1 Å². The minimum atomic E-state index is 0. The van der Waals surface area contributed by atoms with Crippen LogP contribution >= 0.6 is 23.7 Å². The number of halogens is 2. The molecule has 0 N–H and O–H groups in total. The van der Waals surface area contributed by atoms with Crippen molar-refractivity contribution in [1.82, 2.24) is 4.98 Å². The van der Waals surface area contributed by atoms with Crippen molar-refractivity contribution < 1.29 is 3.84 Å².